The summed E-state index contributed by atoms with van der Waals surface area (Å²) in [6.07, 6.45) is -13.1. The van der Waals surface area contributed by atoms with Crippen LogP contribution in [0.25, 0.3) is 0 Å². The summed E-state index contributed by atoms with van der Waals surface area (Å²) in [5, 5.41) is 0. The highest BCUT2D eigenvalue weighted by Crippen LogP contribution is 2.52. The van der Waals surface area contributed by atoms with Gasteiger partial charge in [0, 0.05) is 14.2 Å². The molecule has 1 saturated carbocycles. The summed E-state index contributed by atoms with van der Waals surface area (Å²) < 4.78 is 72.7. The van der Waals surface area contributed by atoms with Crippen LogP contribution in [0.1, 0.15) is 0 Å². The van der Waals surface area contributed by atoms with Crippen molar-refractivity contribution in [2.24, 2.45) is 0 Å². The van der Waals surface area contributed by atoms with Crippen molar-refractivity contribution in [3.63, 3.8) is 0 Å². The number of methoxy groups -OCH3 is 2. The van der Waals surface area contributed by atoms with Crippen LogP contribution in [0, 0.1) is 0 Å². The molecular formula is C8H20O18P4. The lowest BCUT2D eigenvalue weighted by molar-refractivity contribution is -0.221. The normalized spacial score (nSPS) is 31.7. The van der Waals surface area contributed by atoms with Crippen molar-refractivity contribution in [1.82, 2.24) is 0 Å². The Morgan fingerprint density at radius 1 is 0.433 bits per heavy atom. The van der Waals surface area contributed by atoms with Crippen LogP contribution in [0.4, 0.5) is 0 Å². The highest BCUT2D eigenvalue weighted by Gasteiger charge is 2.59. The number of rotatable bonds is 10. The molecule has 1 rings (SSSR count). The van der Waals surface area contributed by atoms with E-state index in [-0.39, 0.29) is 0 Å². The van der Waals surface area contributed by atoms with E-state index >= 15 is 0 Å². The van der Waals surface area contributed by atoms with Gasteiger partial charge < -0.3 is 48.6 Å². The van der Waals surface area contributed by atoms with Gasteiger partial charge in [-0.15, -0.1) is 0 Å². The second-order valence-corrected chi connectivity index (χ2v) is 10.4. The topological polar surface area (TPSA) is 286 Å². The molecule has 0 bridgehead atoms. The standard InChI is InChI=1S/C8H20O18P4/c1-21-3-5(23-27(9,10)11)7(25-29(15,16)17)4(22-2)8(26-30(18,19)20)6(3)24-28(12,13)14/h3-8H,1-2H3,(H2,9,10,11)(H2,12,13,14)(H2,15,16,17)(H2,18,19,20)/t3?,4?,5-,6+,7-,8+. The van der Waals surface area contributed by atoms with E-state index < -0.39 is 67.9 Å². The first-order chi connectivity index (χ1) is 13.3. The van der Waals surface area contributed by atoms with Gasteiger partial charge in [-0.1, -0.05) is 0 Å². The van der Waals surface area contributed by atoms with Gasteiger partial charge >= 0.3 is 31.3 Å². The number of hydrogen-bond donors (Lipinski definition) is 8. The summed E-state index contributed by atoms with van der Waals surface area (Å²) in [7, 11) is -20.3. The molecule has 8 N–H and O–H groups in total. The zero-order valence-corrected chi connectivity index (χ0v) is 18.5. The smallest absolute Gasteiger partial charge is 0.376 e. The molecule has 2 unspecified atom stereocenters. The summed E-state index contributed by atoms with van der Waals surface area (Å²) >= 11 is 0. The Morgan fingerprint density at radius 3 is 0.700 bits per heavy atom. The predicted molar refractivity (Wildman–Crippen MR) is 89.3 cm³/mol. The number of phosphoric ester groups is 4. The van der Waals surface area contributed by atoms with E-state index in [1.165, 1.54) is 0 Å². The Hall–Kier alpha value is 0.360. The maximum absolute atomic E-state index is 11.3. The van der Waals surface area contributed by atoms with Crippen LogP contribution in [0.2, 0.25) is 0 Å². The molecule has 1 fully saturated rings. The minimum Gasteiger partial charge on any atom is -0.376 e. The Balaban J connectivity index is 3.66. The van der Waals surface area contributed by atoms with Gasteiger partial charge in [0.25, 0.3) is 0 Å². The minimum absolute atomic E-state index is 0.799. The molecule has 1 aliphatic rings. The van der Waals surface area contributed by atoms with Crippen LogP contribution in [-0.4, -0.2) is 90.0 Å². The summed E-state index contributed by atoms with van der Waals surface area (Å²) in [6.45, 7) is 0. The van der Waals surface area contributed by atoms with E-state index in [2.05, 4.69) is 18.1 Å². The van der Waals surface area contributed by atoms with E-state index in [1.807, 2.05) is 0 Å². The van der Waals surface area contributed by atoms with Crippen LogP contribution in [0.5, 0.6) is 0 Å². The third kappa shape index (κ3) is 9.08. The van der Waals surface area contributed by atoms with Crippen molar-refractivity contribution in [1.29, 1.82) is 0 Å². The maximum Gasteiger partial charge on any atom is 0.470 e. The molecule has 0 heterocycles. The van der Waals surface area contributed by atoms with Crippen molar-refractivity contribution in [2.45, 2.75) is 36.6 Å². The van der Waals surface area contributed by atoms with Crippen molar-refractivity contribution < 1.29 is 85.0 Å². The van der Waals surface area contributed by atoms with Crippen LogP contribution in [-0.2, 0) is 45.8 Å². The van der Waals surface area contributed by atoms with Gasteiger partial charge in [0.15, 0.2) is 0 Å². The molecule has 1 aliphatic carbocycles. The first-order valence-corrected chi connectivity index (χ1v) is 13.4. The van der Waals surface area contributed by atoms with Gasteiger partial charge in [-0.3, -0.25) is 18.1 Å². The number of ether oxygens (including phenoxy) is 2. The van der Waals surface area contributed by atoms with Crippen molar-refractivity contribution in [3.8, 4) is 0 Å². The Morgan fingerprint density at radius 2 is 0.600 bits per heavy atom. The van der Waals surface area contributed by atoms with Gasteiger partial charge in [-0.05, 0) is 0 Å². The second-order valence-electron chi connectivity index (χ2n) is 5.64. The van der Waals surface area contributed by atoms with Crippen molar-refractivity contribution in [3.05, 3.63) is 0 Å². The Labute approximate surface area is 168 Å². The van der Waals surface area contributed by atoms with Crippen LogP contribution in [0.15, 0.2) is 0 Å². The largest absolute Gasteiger partial charge is 0.470 e. The molecule has 0 aromatic carbocycles. The summed E-state index contributed by atoms with van der Waals surface area (Å²) in [5.74, 6) is 0. The zero-order chi connectivity index (χ0) is 23.7. The van der Waals surface area contributed by atoms with Gasteiger partial charge in [0.2, 0.25) is 0 Å². The van der Waals surface area contributed by atoms with Gasteiger partial charge in [-0.2, -0.15) is 0 Å². The third-order valence-corrected chi connectivity index (χ3v) is 5.60. The average Bonchev–Trinajstić information content (AvgIpc) is 2.46. The lowest BCUT2D eigenvalue weighted by Crippen LogP contribution is -2.66. The fourth-order valence-corrected chi connectivity index (χ4v) is 5.00. The summed E-state index contributed by atoms with van der Waals surface area (Å²) in [6, 6.07) is 0. The van der Waals surface area contributed by atoms with Crippen LogP contribution < -0.4 is 0 Å². The molecule has 6 atom stereocenters. The molecule has 0 radical (unpaired) electrons. The molecule has 180 valence electrons. The number of phosphoric acid groups is 4. The van der Waals surface area contributed by atoms with E-state index in [4.69, 9.17) is 48.6 Å². The van der Waals surface area contributed by atoms with Gasteiger partial charge in [0.1, 0.15) is 36.6 Å². The highest BCUT2D eigenvalue weighted by atomic mass is 31.2. The first-order valence-electron chi connectivity index (χ1n) is 7.29. The number of hydrogen-bond acceptors (Lipinski definition) is 10. The second kappa shape index (κ2) is 10.1. The molecule has 0 aromatic heterocycles. The molecule has 0 amide bonds. The van der Waals surface area contributed by atoms with E-state index in [1.54, 1.807) is 0 Å². The zero-order valence-electron chi connectivity index (χ0n) is 14.9. The average molecular weight is 528 g/mol. The van der Waals surface area contributed by atoms with E-state index in [9.17, 15) is 18.3 Å². The van der Waals surface area contributed by atoms with Crippen molar-refractivity contribution >= 4 is 31.3 Å². The summed E-state index contributed by atoms with van der Waals surface area (Å²) in [5.41, 5.74) is 0. The maximum atomic E-state index is 11.3. The summed E-state index contributed by atoms with van der Waals surface area (Å²) in [4.78, 5) is 73.0. The fourth-order valence-electron chi connectivity index (χ4n) is 2.77. The van der Waals surface area contributed by atoms with Crippen molar-refractivity contribution in [2.75, 3.05) is 14.2 Å². The van der Waals surface area contributed by atoms with Gasteiger partial charge in [-0.25, -0.2) is 18.3 Å². The first kappa shape index (κ1) is 28.4. The molecular weight excluding hydrogens is 508 g/mol. The van der Waals surface area contributed by atoms with E-state index in [0.29, 0.717) is 0 Å². The molecule has 0 spiro atoms. The lowest BCUT2D eigenvalue weighted by Gasteiger charge is -2.48. The minimum atomic E-state index is -5.48. The lowest BCUT2D eigenvalue weighted by atomic mass is 9.84. The Kier molecular flexibility index (Phi) is 9.56. The molecule has 22 heteroatoms. The van der Waals surface area contributed by atoms with Crippen LogP contribution in [0.3, 0.4) is 0 Å². The molecule has 0 aromatic rings. The predicted octanol–water partition coefficient (Wildman–Crippen LogP) is -2.06. The Bertz CT molecular complexity index is 636. The van der Waals surface area contributed by atoms with Crippen LogP contribution >= 0.6 is 31.3 Å². The molecule has 30 heavy (non-hydrogen) atoms. The molecule has 0 aliphatic heterocycles. The van der Waals surface area contributed by atoms with E-state index in [0.717, 1.165) is 14.2 Å². The van der Waals surface area contributed by atoms with Gasteiger partial charge in [0.05, 0.1) is 0 Å². The highest BCUT2D eigenvalue weighted by molar-refractivity contribution is 7.47. The molecule has 18 nitrogen and oxygen atoms in total. The molecule has 0 saturated heterocycles. The monoisotopic (exact) mass is 528 g/mol. The third-order valence-electron chi connectivity index (χ3n) is 3.52. The fraction of sp³-hybridized carbons (Fsp3) is 1.00. The SMILES string of the molecule is COC1[C@@H](OP(=O)(O)O)[C@H](OP(=O)(O)O)C(OC)[C@H](OP(=O)(O)O)[C@H]1OP(=O)(O)O. The quantitative estimate of drug-likeness (QED) is 0.141.